The van der Waals surface area contributed by atoms with Crippen LogP contribution in [0.2, 0.25) is 0 Å². The van der Waals surface area contributed by atoms with E-state index in [1.165, 1.54) is 12.1 Å². The van der Waals surface area contributed by atoms with Crippen LogP contribution in [0.4, 0.5) is 13.2 Å². The topological polar surface area (TPSA) is 24.4 Å². The molecule has 5 heteroatoms. The number of aliphatic imine (C=N–C) groups is 1. The van der Waals surface area contributed by atoms with E-state index in [1.807, 2.05) is 0 Å². The molecule has 86 valence electrons. The van der Waals surface area contributed by atoms with Crippen molar-refractivity contribution in [1.82, 2.24) is 5.32 Å². The molecule has 2 nitrogen and oxygen atoms in total. The predicted molar refractivity (Wildman–Crippen MR) is 55.5 cm³/mol. The molecular weight excluding hydrogens is 217 g/mol. The van der Waals surface area contributed by atoms with E-state index in [0.29, 0.717) is 18.9 Å². The van der Waals surface area contributed by atoms with Crippen LogP contribution >= 0.6 is 0 Å². The highest BCUT2D eigenvalue weighted by molar-refractivity contribution is 5.86. The highest BCUT2D eigenvalue weighted by Crippen LogP contribution is 2.32. The molecule has 1 aliphatic heterocycles. The summed E-state index contributed by atoms with van der Waals surface area (Å²) >= 11 is 0. The van der Waals surface area contributed by atoms with Crippen LogP contribution in [0.3, 0.4) is 0 Å². The van der Waals surface area contributed by atoms with Crippen LogP contribution in [0.1, 0.15) is 11.1 Å². The minimum atomic E-state index is -4.30. The second kappa shape index (κ2) is 4.15. The predicted octanol–water partition coefficient (Wildman–Crippen LogP) is 2.25. The van der Waals surface area contributed by atoms with Gasteiger partial charge in [0.1, 0.15) is 5.84 Å². The number of nitrogens with zero attached hydrogens (tertiary/aromatic N) is 1. The molecule has 0 unspecified atom stereocenters. The summed E-state index contributed by atoms with van der Waals surface area (Å²) in [4.78, 5) is 4.09. The molecule has 0 aliphatic carbocycles. The zero-order valence-corrected chi connectivity index (χ0v) is 8.51. The largest absolute Gasteiger partial charge is 0.416 e. The fourth-order valence-corrected chi connectivity index (χ4v) is 1.70. The van der Waals surface area contributed by atoms with E-state index < -0.39 is 11.7 Å². The molecule has 0 fully saturated rings. The zero-order chi connectivity index (χ0) is 11.6. The summed E-state index contributed by atoms with van der Waals surface area (Å²) in [6, 6.07) is 5.60. The van der Waals surface area contributed by atoms with Crippen molar-refractivity contribution in [2.45, 2.75) is 12.6 Å². The van der Waals surface area contributed by atoms with Crippen molar-refractivity contribution < 1.29 is 13.2 Å². The lowest BCUT2D eigenvalue weighted by Gasteiger charge is -2.12. The second-order valence-corrected chi connectivity index (χ2v) is 3.59. The SMILES string of the molecule is FC(F)(F)c1ccccc1CC1=NCCN1. The molecule has 1 aliphatic rings. The Morgan fingerprint density at radius 2 is 2.00 bits per heavy atom. The Morgan fingerprint density at radius 1 is 1.25 bits per heavy atom. The average Bonchev–Trinajstić information content (AvgIpc) is 2.70. The number of amidine groups is 1. The van der Waals surface area contributed by atoms with Gasteiger partial charge < -0.3 is 5.32 Å². The number of hydrogen-bond donors (Lipinski definition) is 1. The fourth-order valence-electron chi connectivity index (χ4n) is 1.70. The van der Waals surface area contributed by atoms with Gasteiger partial charge in [0.25, 0.3) is 0 Å². The van der Waals surface area contributed by atoms with Crippen LogP contribution in [0.15, 0.2) is 29.3 Å². The van der Waals surface area contributed by atoms with Gasteiger partial charge in [-0.3, -0.25) is 4.99 Å². The number of nitrogens with one attached hydrogen (secondary N) is 1. The number of rotatable bonds is 2. The molecule has 0 amide bonds. The Labute approximate surface area is 91.2 Å². The number of hydrogen-bond acceptors (Lipinski definition) is 2. The molecule has 1 heterocycles. The van der Waals surface area contributed by atoms with Crippen LogP contribution < -0.4 is 5.32 Å². The number of benzene rings is 1. The monoisotopic (exact) mass is 228 g/mol. The standard InChI is InChI=1S/C11H11F3N2/c12-11(13,14)9-4-2-1-3-8(9)7-10-15-5-6-16-10/h1-4H,5-7H2,(H,15,16). The molecular formula is C11H11F3N2. The number of alkyl halides is 3. The van der Waals surface area contributed by atoms with Gasteiger partial charge >= 0.3 is 6.18 Å². The molecule has 1 N–H and O–H groups in total. The lowest BCUT2D eigenvalue weighted by molar-refractivity contribution is -0.138. The van der Waals surface area contributed by atoms with E-state index in [2.05, 4.69) is 10.3 Å². The third kappa shape index (κ3) is 2.35. The lowest BCUT2D eigenvalue weighted by Crippen LogP contribution is -2.22. The maximum atomic E-state index is 12.7. The summed E-state index contributed by atoms with van der Waals surface area (Å²) in [5.41, 5.74) is -0.311. The molecule has 1 aromatic rings. The van der Waals surface area contributed by atoms with Crippen molar-refractivity contribution in [2.24, 2.45) is 4.99 Å². The fraction of sp³-hybridized carbons (Fsp3) is 0.364. The first kappa shape index (κ1) is 11.0. The molecule has 16 heavy (non-hydrogen) atoms. The van der Waals surface area contributed by atoms with Crippen molar-refractivity contribution in [1.29, 1.82) is 0 Å². The van der Waals surface area contributed by atoms with E-state index in [0.717, 1.165) is 6.07 Å². The number of halogens is 3. The Morgan fingerprint density at radius 3 is 2.62 bits per heavy atom. The van der Waals surface area contributed by atoms with Crippen molar-refractivity contribution in [3.63, 3.8) is 0 Å². The Kier molecular flexibility index (Phi) is 2.85. The van der Waals surface area contributed by atoms with Crippen LogP contribution in [0.25, 0.3) is 0 Å². The quantitative estimate of drug-likeness (QED) is 0.824. The molecule has 0 bridgehead atoms. The summed E-state index contributed by atoms with van der Waals surface area (Å²) in [5.74, 6) is 0.636. The summed E-state index contributed by atoms with van der Waals surface area (Å²) in [5, 5.41) is 2.97. The van der Waals surface area contributed by atoms with Gasteiger partial charge in [0.2, 0.25) is 0 Å². The van der Waals surface area contributed by atoms with Gasteiger partial charge in [-0.05, 0) is 11.6 Å². The van der Waals surface area contributed by atoms with Crippen molar-refractivity contribution in [2.75, 3.05) is 13.1 Å². The van der Waals surface area contributed by atoms with E-state index in [-0.39, 0.29) is 12.0 Å². The van der Waals surface area contributed by atoms with Crippen molar-refractivity contribution in [3.8, 4) is 0 Å². The van der Waals surface area contributed by atoms with Gasteiger partial charge in [-0.15, -0.1) is 0 Å². The van der Waals surface area contributed by atoms with E-state index in [1.54, 1.807) is 6.07 Å². The third-order valence-electron chi connectivity index (χ3n) is 2.42. The summed E-state index contributed by atoms with van der Waals surface area (Å²) in [6.07, 6.45) is -4.08. The van der Waals surface area contributed by atoms with Crippen molar-refractivity contribution >= 4 is 5.84 Å². The summed E-state index contributed by atoms with van der Waals surface area (Å²) in [7, 11) is 0. The van der Waals surface area contributed by atoms with Gasteiger partial charge in [-0.1, -0.05) is 18.2 Å². The van der Waals surface area contributed by atoms with Gasteiger partial charge in [0, 0.05) is 13.0 Å². The minimum absolute atomic E-state index is 0.218. The lowest BCUT2D eigenvalue weighted by atomic mass is 10.0. The Hall–Kier alpha value is -1.52. The molecule has 0 aromatic heterocycles. The van der Waals surface area contributed by atoms with Crippen LogP contribution in [0, 0.1) is 0 Å². The van der Waals surface area contributed by atoms with Gasteiger partial charge in [0.05, 0.1) is 12.1 Å². The summed E-state index contributed by atoms with van der Waals surface area (Å²) < 4.78 is 38.0. The first-order valence-electron chi connectivity index (χ1n) is 4.99. The normalized spacial score (nSPS) is 15.8. The minimum Gasteiger partial charge on any atom is -0.372 e. The van der Waals surface area contributed by atoms with E-state index >= 15 is 0 Å². The molecule has 0 saturated carbocycles. The van der Waals surface area contributed by atoms with E-state index in [4.69, 9.17) is 0 Å². The van der Waals surface area contributed by atoms with Crippen molar-refractivity contribution in [3.05, 3.63) is 35.4 Å². The average molecular weight is 228 g/mol. The maximum Gasteiger partial charge on any atom is 0.416 e. The molecule has 0 radical (unpaired) electrons. The van der Waals surface area contributed by atoms with Gasteiger partial charge in [0.15, 0.2) is 0 Å². The van der Waals surface area contributed by atoms with E-state index in [9.17, 15) is 13.2 Å². The highest BCUT2D eigenvalue weighted by atomic mass is 19.4. The Balaban J connectivity index is 2.26. The molecule has 0 spiro atoms. The van der Waals surface area contributed by atoms with Crippen LogP contribution in [-0.4, -0.2) is 18.9 Å². The molecule has 0 saturated heterocycles. The first-order valence-corrected chi connectivity index (χ1v) is 4.99. The first-order chi connectivity index (χ1) is 7.57. The zero-order valence-electron chi connectivity index (χ0n) is 8.51. The van der Waals surface area contributed by atoms with Crippen LogP contribution in [-0.2, 0) is 12.6 Å². The smallest absolute Gasteiger partial charge is 0.372 e. The molecule has 0 atom stereocenters. The maximum absolute atomic E-state index is 12.7. The Bertz CT molecular complexity index is 410. The van der Waals surface area contributed by atoms with Gasteiger partial charge in [-0.2, -0.15) is 13.2 Å². The highest BCUT2D eigenvalue weighted by Gasteiger charge is 2.33. The third-order valence-corrected chi connectivity index (χ3v) is 2.42. The molecule has 1 aromatic carbocycles. The van der Waals surface area contributed by atoms with Gasteiger partial charge in [-0.25, -0.2) is 0 Å². The second-order valence-electron chi connectivity index (χ2n) is 3.59. The molecule has 2 rings (SSSR count). The van der Waals surface area contributed by atoms with Crippen LogP contribution in [0.5, 0.6) is 0 Å². The summed E-state index contributed by atoms with van der Waals surface area (Å²) in [6.45, 7) is 1.35.